The maximum Gasteiger partial charge on any atom is 0.220 e. The van der Waals surface area contributed by atoms with E-state index in [0.717, 1.165) is 51.4 Å². The second-order valence-electron chi connectivity index (χ2n) is 16.5. The number of allylic oxidation sites excluding steroid dienone is 7. The first-order chi connectivity index (χ1) is 27.2. The predicted molar refractivity (Wildman–Crippen MR) is 244 cm³/mol. The third-order valence-corrected chi connectivity index (χ3v) is 11.0. The van der Waals surface area contributed by atoms with Crippen molar-refractivity contribution in [3.8, 4) is 0 Å². The zero-order valence-electron chi connectivity index (χ0n) is 36.9. The van der Waals surface area contributed by atoms with Crippen molar-refractivity contribution in [2.45, 2.75) is 264 Å². The van der Waals surface area contributed by atoms with Gasteiger partial charge < -0.3 is 15.5 Å². The Morgan fingerprint density at radius 3 is 1.09 bits per heavy atom. The number of hydrogen-bond donors (Lipinski definition) is 3. The van der Waals surface area contributed by atoms with Crippen LogP contribution < -0.4 is 5.32 Å². The van der Waals surface area contributed by atoms with Crippen LogP contribution >= 0.6 is 0 Å². The average molecular weight is 770 g/mol. The zero-order chi connectivity index (χ0) is 40.0. The minimum Gasteiger partial charge on any atom is -0.394 e. The Labute approximate surface area is 344 Å². The van der Waals surface area contributed by atoms with E-state index in [-0.39, 0.29) is 12.5 Å². The highest BCUT2D eigenvalue weighted by Gasteiger charge is 2.17. The number of aliphatic hydroxyl groups excluding tert-OH is 2. The van der Waals surface area contributed by atoms with Gasteiger partial charge in [0.25, 0.3) is 0 Å². The van der Waals surface area contributed by atoms with Crippen LogP contribution in [0.2, 0.25) is 0 Å². The summed E-state index contributed by atoms with van der Waals surface area (Å²) in [6.45, 7) is 4.27. The fourth-order valence-electron chi connectivity index (χ4n) is 7.26. The summed E-state index contributed by atoms with van der Waals surface area (Å²) in [7, 11) is 0. The molecule has 0 saturated carbocycles. The summed E-state index contributed by atoms with van der Waals surface area (Å²) in [5, 5.41) is 23.0. The molecule has 0 spiro atoms. The lowest BCUT2D eigenvalue weighted by Crippen LogP contribution is -2.45. The molecule has 4 heteroatoms. The third-order valence-electron chi connectivity index (χ3n) is 11.0. The third kappa shape index (κ3) is 43.3. The van der Waals surface area contributed by atoms with Gasteiger partial charge in [-0.05, 0) is 70.6 Å². The molecule has 0 aromatic heterocycles. The predicted octanol–water partition coefficient (Wildman–Crippen LogP) is 15.5. The Kier molecular flexibility index (Phi) is 45.3. The topological polar surface area (TPSA) is 69.6 Å². The molecule has 4 nitrogen and oxygen atoms in total. The molecule has 0 heterocycles. The Morgan fingerprint density at radius 1 is 0.418 bits per heavy atom. The molecular formula is C51H95NO3. The van der Waals surface area contributed by atoms with E-state index in [1.54, 1.807) is 6.08 Å². The number of unbranched alkanes of at least 4 members (excludes halogenated alkanes) is 31. The van der Waals surface area contributed by atoms with Crippen LogP contribution in [0, 0.1) is 0 Å². The van der Waals surface area contributed by atoms with Crippen molar-refractivity contribution in [1.82, 2.24) is 5.32 Å². The maximum atomic E-state index is 12.3. The zero-order valence-corrected chi connectivity index (χ0v) is 36.9. The molecule has 3 N–H and O–H groups in total. The second-order valence-corrected chi connectivity index (χ2v) is 16.5. The molecule has 55 heavy (non-hydrogen) atoms. The summed E-state index contributed by atoms with van der Waals surface area (Å²) in [6.07, 6.45) is 64.0. The van der Waals surface area contributed by atoms with Crippen LogP contribution in [-0.2, 0) is 4.79 Å². The fraction of sp³-hybridized carbons (Fsp3) is 0.824. The van der Waals surface area contributed by atoms with E-state index in [2.05, 4.69) is 55.6 Å². The molecule has 0 aliphatic carbocycles. The summed E-state index contributed by atoms with van der Waals surface area (Å²) in [5.74, 6) is -0.0885. The van der Waals surface area contributed by atoms with Crippen molar-refractivity contribution < 1.29 is 15.0 Å². The SMILES string of the molecule is CCCCC/C=C\CCCCCCCC(=O)NC(CO)C(O)/C=C/CC/C=C/CC/C=C/CCCCCCCCCCCCCCCCCCCCCCC. The number of hydrogen-bond acceptors (Lipinski definition) is 3. The second kappa shape index (κ2) is 46.7. The molecule has 0 bridgehead atoms. The fourth-order valence-corrected chi connectivity index (χ4v) is 7.26. The van der Waals surface area contributed by atoms with Gasteiger partial charge in [0.05, 0.1) is 18.8 Å². The molecule has 0 saturated heterocycles. The van der Waals surface area contributed by atoms with E-state index in [4.69, 9.17) is 0 Å². The monoisotopic (exact) mass is 770 g/mol. The minimum absolute atomic E-state index is 0.0885. The van der Waals surface area contributed by atoms with Crippen LogP contribution in [0.5, 0.6) is 0 Å². The highest BCUT2D eigenvalue weighted by atomic mass is 16.3. The summed E-state index contributed by atoms with van der Waals surface area (Å²) in [6, 6.07) is -0.649. The summed E-state index contributed by atoms with van der Waals surface area (Å²) in [5.41, 5.74) is 0. The van der Waals surface area contributed by atoms with Crippen LogP contribution in [0.4, 0.5) is 0 Å². The van der Waals surface area contributed by atoms with Crippen molar-refractivity contribution in [2.24, 2.45) is 0 Å². The molecule has 322 valence electrons. The van der Waals surface area contributed by atoms with Crippen molar-refractivity contribution in [1.29, 1.82) is 0 Å². The minimum atomic E-state index is -0.873. The first-order valence-electron chi connectivity index (χ1n) is 24.4. The first kappa shape index (κ1) is 53.4. The summed E-state index contributed by atoms with van der Waals surface area (Å²) < 4.78 is 0. The van der Waals surface area contributed by atoms with Crippen LogP contribution in [0.15, 0.2) is 48.6 Å². The Balaban J connectivity index is 3.54. The van der Waals surface area contributed by atoms with Gasteiger partial charge in [0.2, 0.25) is 5.91 Å². The van der Waals surface area contributed by atoms with Gasteiger partial charge in [0.15, 0.2) is 0 Å². The first-order valence-corrected chi connectivity index (χ1v) is 24.4. The van der Waals surface area contributed by atoms with Gasteiger partial charge in [0.1, 0.15) is 0 Å². The maximum absolute atomic E-state index is 12.3. The summed E-state index contributed by atoms with van der Waals surface area (Å²) in [4.78, 5) is 12.3. The van der Waals surface area contributed by atoms with E-state index in [1.165, 1.54) is 180 Å². The number of aliphatic hydroxyl groups is 2. The largest absolute Gasteiger partial charge is 0.394 e. The van der Waals surface area contributed by atoms with Gasteiger partial charge in [-0.2, -0.15) is 0 Å². The van der Waals surface area contributed by atoms with Crippen molar-refractivity contribution in [3.05, 3.63) is 48.6 Å². The summed E-state index contributed by atoms with van der Waals surface area (Å²) >= 11 is 0. The molecule has 0 aliphatic rings. The molecule has 0 rings (SSSR count). The van der Waals surface area contributed by atoms with Crippen LogP contribution in [0.3, 0.4) is 0 Å². The van der Waals surface area contributed by atoms with Gasteiger partial charge in [-0.15, -0.1) is 0 Å². The van der Waals surface area contributed by atoms with E-state index in [0.29, 0.717) is 6.42 Å². The standard InChI is InChI=1S/C51H95NO3/c1-3-5-7-9-11-13-15-17-18-19-20-21-22-23-24-25-26-27-28-29-30-31-32-33-34-35-36-38-40-42-44-46-50(54)49(48-53)52-51(55)47-45-43-41-39-37-16-14-12-10-8-6-4-2/h12,14,32-33,36,38,44,46,49-50,53-54H,3-11,13,15-31,34-35,37,39-43,45,47-48H2,1-2H3,(H,52,55)/b14-12-,33-32+,38-36+,46-44+. The van der Waals surface area contributed by atoms with Gasteiger partial charge in [-0.1, -0.05) is 223 Å². The quantitative estimate of drug-likeness (QED) is 0.0427. The van der Waals surface area contributed by atoms with Crippen molar-refractivity contribution >= 4 is 5.91 Å². The van der Waals surface area contributed by atoms with Gasteiger partial charge in [0, 0.05) is 6.42 Å². The number of amides is 1. The van der Waals surface area contributed by atoms with Crippen molar-refractivity contribution in [3.63, 3.8) is 0 Å². The van der Waals surface area contributed by atoms with E-state index in [9.17, 15) is 15.0 Å². The highest BCUT2D eigenvalue weighted by molar-refractivity contribution is 5.76. The number of carbonyl (C=O) groups excluding carboxylic acids is 1. The lowest BCUT2D eigenvalue weighted by Gasteiger charge is -2.19. The molecule has 0 radical (unpaired) electrons. The molecule has 2 atom stereocenters. The molecular weight excluding hydrogens is 675 g/mol. The lowest BCUT2D eigenvalue weighted by atomic mass is 10.0. The van der Waals surface area contributed by atoms with Gasteiger partial charge in [-0.25, -0.2) is 0 Å². The lowest BCUT2D eigenvalue weighted by molar-refractivity contribution is -0.123. The highest BCUT2D eigenvalue weighted by Crippen LogP contribution is 2.16. The Hall–Kier alpha value is -1.65. The van der Waals surface area contributed by atoms with Gasteiger partial charge >= 0.3 is 0 Å². The molecule has 2 unspecified atom stereocenters. The van der Waals surface area contributed by atoms with E-state index in [1.807, 2.05) is 6.08 Å². The average Bonchev–Trinajstić information content (AvgIpc) is 3.19. The molecule has 1 amide bonds. The molecule has 0 aromatic rings. The smallest absolute Gasteiger partial charge is 0.220 e. The normalized spacial score (nSPS) is 13.3. The van der Waals surface area contributed by atoms with Crippen molar-refractivity contribution in [2.75, 3.05) is 6.61 Å². The van der Waals surface area contributed by atoms with Gasteiger partial charge in [-0.3, -0.25) is 4.79 Å². The molecule has 0 fully saturated rings. The molecule has 0 aliphatic heterocycles. The van der Waals surface area contributed by atoms with Crippen LogP contribution in [-0.4, -0.2) is 34.9 Å². The van der Waals surface area contributed by atoms with Crippen LogP contribution in [0.25, 0.3) is 0 Å². The molecule has 0 aromatic carbocycles. The number of carbonyl (C=O) groups is 1. The van der Waals surface area contributed by atoms with E-state index < -0.39 is 12.1 Å². The van der Waals surface area contributed by atoms with E-state index >= 15 is 0 Å². The van der Waals surface area contributed by atoms with Crippen LogP contribution in [0.1, 0.15) is 251 Å². The number of nitrogens with one attached hydrogen (secondary N) is 1. The Morgan fingerprint density at radius 2 is 0.709 bits per heavy atom. The number of rotatable bonds is 44. The Bertz CT molecular complexity index is 877.